The molecule has 1 aliphatic heterocycles. The van der Waals surface area contributed by atoms with E-state index >= 15 is 0 Å². The molecule has 2 rings (SSSR count). The molecule has 1 aliphatic rings. The molecule has 0 saturated heterocycles. The van der Waals surface area contributed by atoms with Gasteiger partial charge in [0.15, 0.2) is 0 Å². The molecule has 11 nitrogen and oxygen atoms in total. The molecule has 32 heavy (non-hydrogen) atoms. The molecule has 0 aliphatic carbocycles. The Bertz CT molecular complexity index is 919. The monoisotopic (exact) mass is 470 g/mol. The van der Waals surface area contributed by atoms with Crippen LogP contribution in [0.5, 0.6) is 11.5 Å². The van der Waals surface area contributed by atoms with Crippen LogP contribution in [0.15, 0.2) is 0 Å². The fraction of sp³-hybridized carbons (Fsp3) is 0.500. The van der Waals surface area contributed by atoms with Crippen molar-refractivity contribution in [2.24, 2.45) is 0 Å². The molecular weight excluding hydrogens is 444 g/mol. The average Bonchev–Trinajstić information content (AvgIpc) is 2.74. The van der Waals surface area contributed by atoms with Crippen LogP contribution in [0.2, 0.25) is 0 Å². The minimum Gasteiger partial charge on any atom is -0.507 e. The number of phenolic OH excluding ortho intramolecular Hbond substituents is 2. The fourth-order valence-corrected chi connectivity index (χ4v) is 4.37. The van der Waals surface area contributed by atoms with Gasteiger partial charge in [0.25, 0.3) is 0 Å². The van der Waals surface area contributed by atoms with Crippen LogP contribution in [-0.4, -0.2) is 70.8 Å². The summed E-state index contributed by atoms with van der Waals surface area (Å²) in [5, 5.41) is 34.7. The molecule has 1 aromatic carbocycles. The highest BCUT2D eigenvalue weighted by Crippen LogP contribution is 2.40. The Balaban J connectivity index is 2.55. The third-order valence-electron chi connectivity index (χ3n) is 4.92. The Morgan fingerprint density at radius 1 is 1.28 bits per heavy atom. The van der Waals surface area contributed by atoms with Gasteiger partial charge in [-0.1, -0.05) is 13.3 Å². The number of cyclic esters (lactones) is 1. The number of nitrogens with one attached hydrogen (secondary N) is 2. The predicted molar refractivity (Wildman–Crippen MR) is 114 cm³/mol. The summed E-state index contributed by atoms with van der Waals surface area (Å²) in [5.41, 5.74) is 0.641. The quantitative estimate of drug-likeness (QED) is 0.401. The van der Waals surface area contributed by atoms with E-state index in [1.807, 2.05) is 12.2 Å². The first-order valence-electron chi connectivity index (χ1n) is 9.81. The van der Waals surface area contributed by atoms with Gasteiger partial charge in [-0.2, -0.15) is 11.8 Å². The number of ether oxygens (including phenoxy) is 2. The average molecular weight is 471 g/mol. The lowest BCUT2D eigenvalue weighted by Gasteiger charge is -2.24. The van der Waals surface area contributed by atoms with Gasteiger partial charge < -0.3 is 35.4 Å². The maximum Gasteiger partial charge on any atom is 0.405 e. The Labute approximate surface area is 188 Å². The summed E-state index contributed by atoms with van der Waals surface area (Å²) in [4.78, 5) is 48.5. The van der Waals surface area contributed by atoms with E-state index < -0.39 is 42.6 Å². The molecular formula is C20H26N2O9S. The molecule has 0 radical (unpaired) electrons. The van der Waals surface area contributed by atoms with Crippen molar-refractivity contribution in [3.63, 3.8) is 0 Å². The predicted octanol–water partition coefficient (Wildman–Crippen LogP) is 1.06. The van der Waals surface area contributed by atoms with Crippen LogP contribution in [0.25, 0.3) is 0 Å². The van der Waals surface area contributed by atoms with Crippen molar-refractivity contribution in [3.05, 3.63) is 22.3 Å². The number of rotatable bonds is 4. The molecule has 0 fully saturated rings. The van der Waals surface area contributed by atoms with E-state index in [4.69, 9.17) is 14.6 Å². The number of carbonyl (C=O) groups is 4. The SMILES string of the molecule is CCCc1c(O)c(C)c2c(c1O)CSC[C@@H](C(=O)OC)NC(=O)[C@@H](NC(=O)O)COC2=O. The third-order valence-corrected chi connectivity index (χ3v) is 5.98. The first-order chi connectivity index (χ1) is 15.1. The van der Waals surface area contributed by atoms with Crippen molar-refractivity contribution in [2.45, 2.75) is 44.5 Å². The minimum absolute atomic E-state index is 0.0230. The number of benzene rings is 1. The number of hydrogen-bond acceptors (Lipinski definition) is 9. The number of aromatic hydroxyl groups is 2. The van der Waals surface area contributed by atoms with Gasteiger partial charge in [-0.25, -0.2) is 14.4 Å². The highest BCUT2D eigenvalue weighted by atomic mass is 32.2. The molecule has 1 heterocycles. The molecule has 176 valence electrons. The van der Waals surface area contributed by atoms with E-state index in [0.717, 1.165) is 18.9 Å². The Morgan fingerprint density at radius 3 is 2.56 bits per heavy atom. The second-order valence-electron chi connectivity index (χ2n) is 7.10. The number of hydrogen-bond donors (Lipinski definition) is 5. The molecule has 1 aromatic rings. The van der Waals surface area contributed by atoms with E-state index in [1.165, 1.54) is 6.92 Å². The smallest absolute Gasteiger partial charge is 0.405 e. The van der Waals surface area contributed by atoms with Crippen LogP contribution in [0.1, 0.15) is 40.4 Å². The van der Waals surface area contributed by atoms with Crippen molar-refractivity contribution >= 4 is 35.7 Å². The van der Waals surface area contributed by atoms with Crippen molar-refractivity contribution in [1.29, 1.82) is 0 Å². The highest BCUT2D eigenvalue weighted by molar-refractivity contribution is 7.98. The molecule has 2 atom stereocenters. The van der Waals surface area contributed by atoms with Gasteiger partial charge in [-0.05, 0) is 13.3 Å². The lowest BCUT2D eigenvalue weighted by Crippen LogP contribution is -2.54. The first-order valence-corrected chi connectivity index (χ1v) is 11.0. The molecule has 0 aromatic heterocycles. The van der Waals surface area contributed by atoms with Crippen molar-refractivity contribution in [1.82, 2.24) is 10.6 Å². The molecule has 0 bridgehead atoms. The molecule has 12 heteroatoms. The van der Waals surface area contributed by atoms with Crippen LogP contribution in [0.4, 0.5) is 4.79 Å². The van der Waals surface area contributed by atoms with Gasteiger partial charge >= 0.3 is 18.0 Å². The normalized spacial score (nSPS) is 19.5. The van der Waals surface area contributed by atoms with Gasteiger partial charge in [0.05, 0.1) is 12.7 Å². The number of carboxylic acid groups (broad SMARTS) is 1. The third kappa shape index (κ3) is 5.55. The zero-order valence-corrected chi connectivity index (χ0v) is 18.7. The minimum atomic E-state index is -1.53. The highest BCUT2D eigenvalue weighted by Gasteiger charge is 2.32. The Kier molecular flexibility index (Phi) is 8.58. The summed E-state index contributed by atoms with van der Waals surface area (Å²) < 4.78 is 9.87. The maximum absolute atomic E-state index is 12.8. The van der Waals surface area contributed by atoms with Crippen LogP contribution in [0, 0.1) is 6.92 Å². The van der Waals surface area contributed by atoms with Crippen LogP contribution >= 0.6 is 11.8 Å². The summed E-state index contributed by atoms with van der Waals surface area (Å²) in [6.45, 7) is 2.70. The number of thioether (sulfide) groups is 1. The maximum atomic E-state index is 12.8. The number of esters is 2. The largest absolute Gasteiger partial charge is 0.507 e. The summed E-state index contributed by atoms with van der Waals surface area (Å²) in [7, 11) is 1.15. The molecule has 0 spiro atoms. The Morgan fingerprint density at radius 2 is 1.97 bits per heavy atom. The van der Waals surface area contributed by atoms with Gasteiger partial charge in [0.1, 0.15) is 30.2 Å². The lowest BCUT2D eigenvalue weighted by atomic mass is 9.94. The van der Waals surface area contributed by atoms with Crippen LogP contribution in [0.3, 0.4) is 0 Å². The lowest BCUT2D eigenvalue weighted by molar-refractivity contribution is -0.144. The zero-order valence-electron chi connectivity index (χ0n) is 17.9. The standard InChI is InChI=1S/C20H26N2O9S/c1-4-5-10-15(23)9(2)14-11(16(10)24)7-32-8-13(18(26)30-3)21-17(25)12(22-20(28)29)6-31-19(14)27/h12-13,22-24H,4-8H2,1-3H3,(H,21,25)(H,28,29)/t12-,13-/m0/s1. The van der Waals surface area contributed by atoms with Crippen molar-refractivity contribution in [3.8, 4) is 11.5 Å². The Hall–Kier alpha value is -3.15. The van der Waals surface area contributed by atoms with Crippen molar-refractivity contribution in [2.75, 3.05) is 19.5 Å². The number of carbonyl (C=O) groups excluding carboxylic acids is 3. The van der Waals surface area contributed by atoms with Crippen LogP contribution in [-0.2, 0) is 31.2 Å². The van der Waals surface area contributed by atoms with E-state index in [1.54, 1.807) is 0 Å². The summed E-state index contributed by atoms with van der Waals surface area (Å²) in [5.74, 6) is -2.93. The van der Waals surface area contributed by atoms with E-state index in [2.05, 4.69) is 5.32 Å². The van der Waals surface area contributed by atoms with Crippen molar-refractivity contribution < 1.29 is 44.0 Å². The number of phenols is 2. The second kappa shape index (κ2) is 10.9. The fourth-order valence-electron chi connectivity index (χ4n) is 3.31. The molecule has 2 amide bonds. The summed E-state index contributed by atoms with van der Waals surface area (Å²) >= 11 is 1.14. The topological polar surface area (TPSA) is 171 Å². The van der Waals surface area contributed by atoms with Gasteiger partial charge in [0.2, 0.25) is 5.91 Å². The second-order valence-corrected chi connectivity index (χ2v) is 8.13. The summed E-state index contributed by atoms with van der Waals surface area (Å²) in [6.07, 6.45) is -0.527. The van der Waals surface area contributed by atoms with Crippen LogP contribution < -0.4 is 10.6 Å². The summed E-state index contributed by atoms with van der Waals surface area (Å²) in [6, 6.07) is -2.61. The van der Waals surface area contributed by atoms with E-state index in [-0.39, 0.29) is 39.7 Å². The molecule has 0 unspecified atom stereocenters. The first kappa shape index (κ1) is 25.1. The number of methoxy groups -OCH3 is 1. The number of fused-ring (bicyclic) bond motifs is 1. The van der Waals surface area contributed by atoms with Gasteiger partial charge in [-0.3, -0.25) is 4.79 Å². The van der Waals surface area contributed by atoms with Gasteiger partial charge in [0, 0.05) is 28.2 Å². The zero-order chi connectivity index (χ0) is 24.0. The molecule has 0 saturated carbocycles. The number of amides is 2. The van der Waals surface area contributed by atoms with Gasteiger partial charge in [-0.15, -0.1) is 0 Å². The van der Waals surface area contributed by atoms with E-state index in [0.29, 0.717) is 18.4 Å². The molecule has 5 N–H and O–H groups in total. The van der Waals surface area contributed by atoms with E-state index in [9.17, 15) is 29.4 Å².